The summed E-state index contributed by atoms with van der Waals surface area (Å²) in [7, 11) is 2.87. The Morgan fingerprint density at radius 3 is 2.47 bits per heavy atom. The first-order valence-corrected chi connectivity index (χ1v) is 10.9. The van der Waals surface area contributed by atoms with Gasteiger partial charge in [0.1, 0.15) is 11.5 Å². The molecule has 4 rings (SSSR count). The van der Waals surface area contributed by atoms with Crippen molar-refractivity contribution in [3.63, 3.8) is 0 Å². The number of hydrogen-bond donors (Lipinski definition) is 1. The van der Waals surface area contributed by atoms with Crippen LogP contribution in [0.15, 0.2) is 57.4 Å². The molecule has 0 spiro atoms. The van der Waals surface area contributed by atoms with E-state index in [-0.39, 0.29) is 16.6 Å². The van der Waals surface area contributed by atoms with Crippen LogP contribution in [-0.4, -0.2) is 41.9 Å². The van der Waals surface area contributed by atoms with E-state index in [9.17, 15) is 18.3 Å². The van der Waals surface area contributed by atoms with Crippen LogP contribution in [0.5, 0.6) is 11.5 Å². The van der Waals surface area contributed by atoms with Gasteiger partial charge in [-0.25, -0.2) is 4.98 Å². The highest BCUT2D eigenvalue weighted by atomic mass is 79.9. The summed E-state index contributed by atoms with van der Waals surface area (Å²) in [5.41, 5.74) is -1.70. The van der Waals surface area contributed by atoms with Gasteiger partial charge in [-0.1, -0.05) is 28.1 Å². The van der Waals surface area contributed by atoms with E-state index < -0.39 is 18.3 Å². The molecular weight excluding hydrogens is 511 g/mol. The molecule has 0 aliphatic carbocycles. The number of rotatable bonds is 5. The normalized spacial score (nSPS) is 18.6. The van der Waals surface area contributed by atoms with Crippen LogP contribution in [0.2, 0.25) is 0 Å². The van der Waals surface area contributed by atoms with E-state index in [1.165, 1.54) is 14.2 Å². The Hall–Kier alpha value is -2.63. The van der Waals surface area contributed by atoms with Gasteiger partial charge in [0.25, 0.3) is 5.72 Å². The minimum Gasteiger partial charge on any atom is -0.497 e. The van der Waals surface area contributed by atoms with E-state index in [4.69, 9.17) is 9.47 Å². The number of nitrogens with zero attached hydrogens (tertiary/aromatic N) is 3. The van der Waals surface area contributed by atoms with Crippen molar-refractivity contribution in [3.8, 4) is 22.8 Å². The third kappa shape index (κ3) is 3.96. The van der Waals surface area contributed by atoms with Gasteiger partial charge in [0.2, 0.25) is 5.13 Å². The zero-order valence-electron chi connectivity index (χ0n) is 16.9. The Morgan fingerprint density at radius 2 is 1.84 bits per heavy atom. The van der Waals surface area contributed by atoms with E-state index in [0.717, 1.165) is 21.4 Å². The zero-order chi connectivity index (χ0) is 23.1. The molecular formula is C21H17BrF3N3O3S. The first kappa shape index (κ1) is 22.6. The number of hydrogen-bond acceptors (Lipinski definition) is 7. The fraction of sp³-hybridized carbons (Fsp3) is 0.238. The highest BCUT2D eigenvalue weighted by Gasteiger charge is 2.62. The van der Waals surface area contributed by atoms with Crippen molar-refractivity contribution in [1.82, 2.24) is 4.98 Å². The van der Waals surface area contributed by atoms with Crippen molar-refractivity contribution in [2.24, 2.45) is 5.10 Å². The number of aliphatic hydroxyl groups is 1. The molecule has 32 heavy (non-hydrogen) atoms. The SMILES string of the molecule is COc1ccc(C2=NN(c3nc(-c4ccc(Br)cc4)cs3)[C@@](O)(C(F)(F)F)C2)c(OC)c1. The molecule has 6 nitrogen and oxygen atoms in total. The second kappa shape index (κ2) is 8.38. The highest BCUT2D eigenvalue weighted by Crippen LogP contribution is 2.46. The first-order chi connectivity index (χ1) is 15.2. The molecule has 0 saturated heterocycles. The lowest BCUT2D eigenvalue weighted by atomic mass is 10.00. The van der Waals surface area contributed by atoms with Gasteiger partial charge in [-0.05, 0) is 24.3 Å². The Morgan fingerprint density at radius 1 is 1.12 bits per heavy atom. The second-order valence-corrected chi connectivity index (χ2v) is 8.69. The van der Waals surface area contributed by atoms with Gasteiger partial charge in [0.05, 0.1) is 32.0 Å². The molecule has 0 radical (unpaired) electrons. The van der Waals surface area contributed by atoms with Crippen LogP contribution >= 0.6 is 27.3 Å². The van der Waals surface area contributed by atoms with Crippen LogP contribution < -0.4 is 14.5 Å². The average Bonchev–Trinajstić information content (AvgIpc) is 3.38. The molecule has 1 atom stereocenters. The summed E-state index contributed by atoms with van der Waals surface area (Å²) in [5.74, 6) is 0.760. The molecule has 2 aromatic carbocycles. The number of methoxy groups -OCH3 is 2. The molecule has 11 heteroatoms. The van der Waals surface area contributed by atoms with E-state index in [1.54, 1.807) is 35.7 Å². The molecule has 1 N–H and O–H groups in total. The zero-order valence-corrected chi connectivity index (χ0v) is 19.3. The van der Waals surface area contributed by atoms with Crippen molar-refractivity contribution in [2.45, 2.75) is 18.3 Å². The van der Waals surface area contributed by atoms with Gasteiger partial charge in [0.15, 0.2) is 0 Å². The van der Waals surface area contributed by atoms with Gasteiger partial charge in [-0.2, -0.15) is 23.3 Å². The summed E-state index contributed by atoms with van der Waals surface area (Å²) in [6.45, 7) is 0. The van der Waals surface area contributed by atoms with E-state index in [1.807, 2.05) is 12.1 Å². The van der Waals surface area contributed by atoms with Crippen LogP contribution in [-0.2, 0) is 0 Å². The Bertz CT molecular complexity index is 1170. The van der Waals surface area contributed by atoms with Crippen molar-refractivity contribution < 1.29 is 27.8 Å². The summed E-state index contributed by atoms with van der Waals surface area (Å²) < 4.78 is 53.3. The minimum absolute atomic E-state index is 0.0183. The number of benzene rings is 2. The van der Waals surface area contributed by atoms with Crippen LogP contribution in [0, 0.1) is 0 Å². The molecule has 0 fully saturated rings. The van der Waals surface area contributed by atoms with Crippen LogP contribution in [0.3, 0.4) is 0 Å². The number of anilines is 1. The Kier molecular flexibility index (Phi) is 5.91. The molecule has 3 aromatic rings. The van der Waals surface area contributed by atoms with Gasteiger partial charge in [-0.15, -0.1) is 11.3 Å². The molecule has 1 aliphatic rings. The lowest BCUT2D eigenvalue weighted by Gasteiger charge is -2.32. The fourth-order valence-electron chi connectivity index (χ4n) is 3.27. The molecule has 0 bridgehead atoms. The third-order valence-corrected chi connectivity index (χ3v) is 6.32. The second-order valence-electron chi connectivity index (χ2n) is 6.94. The third-order valence-electron chi connectivity index (χ3n) is 4.97. The largest absolute Gasteiger partial charge is 0.497 e. The van der Waals surface area contributed by atoms with Crippen molar-refractivity contribution >= 4 is 38.1 Å². The highest BCUT2D eigenvalue weighted by molar-refractivity contribution is 9.10. The lowest BCUT2D eigenvalue weighted by Crippen LogP contribution is -2.55. The first-order valence-electron chi connectivity index (χ1n) is 9.27. The standard InChI is InChI=1S/C21H17BrF3N3O3S/c1-30-14-7-8-15(18(9-14)31-2)16-10-20(29,21(23,24)25)28(27-16)19-26-17(11-32-19)12-3-5-13(22)6-4-12/h3-9,11,29H,10H2,1-2H3/t20-/m0/s1. The summed E-state index contributed by atoms with van der Waals surface area (Å²) >= 11 is 4.31. The monoisotopic (exact) mass is 527 g/mol. The quantitative estimate of drug-likeness (QED) is 0.477. The van der Waals surface area contributed by atoms with Crippen LogP contribution in [0.4, 0.5) is 18.3 Å². The lowest BCUT2D eigenvalue weighted by molar-refractivity contribution is -0.254. The number of aromatic nitrogens is 1. The fourth-order valence-corrected chi connectivity index (χ4v) is 4.38. The molecule has 1 aromatic heterocycles. The van der Waals surface area contributed by atoms with E-state index >= 15 is 0 Å². The number of alkyl halides is 3. The Labute approximate surface area is 194 Å². The van der Waals surface area contributed by atoms with E-state index in [2.05, 4.69) is 26.0 Å². The van der Waals surface area contributed by atoms with Crippen molar-refractivity contribution in [2.75, 3.05) is 19.2 Å². The molecule has 0 unspecified atom stereocenters. The van der Waals surface area contributed by atoms with Gasteiger partial charge in [0, 0.05) is 27.0 Å². The van der Waals surface area contributed by atoms with Crippen LogP contribution in [0.25, 0.3) is 11.3 Å². The molecule has 168 valence electrons. The summed E-state index contributed by atoms with van der Waals surface area (Å²) in [5, 5.41) is 17.0. The van der Waals surface area contributed by atoms with Gasteiger partial charge < -0.3 is 14.6 Å². The number of hydrazone groups is 1. The maximum absolute atomic E-state index is 14.0. The number of thiazole rings is 1. The Balaban J connectivity index is 1.77. The maximum atomic E-state index is 14.0. The van der Waals surface area contributed by atoms with Crippen LogP contribution in [0.1, 0.15) is 12.0 Å². The smallest absolute Gasteiger partial charge is 0.438 e. The average molecular weight is 528 g/mol. The molecule has 1 aliphatic heterocycles. The predicted octanol–water partition coefficient (Wildman–Crippen LogP) is 5.46. The van der Waals surface area contributed by atoms with E-state index in [0.29, 0.717) is 22.0 Å². The topological polar surface area (TPSA) is 67.2 Å². The number of halogens is 4. The van der Waals surface area contributed by atoms with Crippen molar-refractivity contribution in [3.05, 3.63) is 57.9 Å². The van der Waals surface area contributed by atoms with Gasteiger partial charge in [-0.3, -0.25) is 0 Å². The summed E-state index contributed by atoms with van der Waals surface area (Å²) in [6.07, 6.45) is -5.77. The van der Waals surface area contributed by atoms with Gasteiger partial charge >= 0.3 is 6.18 Å². The molecule has 2 heterocycles. The molecule has 0 amide bonds. The molecule has 0 saturated carbocycles. The minimum atomic E-state index is -4.98. The summed E-state index contributed by atoms with van der Waals surface area (Å²) in [4.78, 5) is 4.31. The van der Waals surface area contributed by atoms with Crippen molar-refractivity contribution in [1.29, 1.82) is 0 Å². The number of ether oxygens (including phenoxy) is 2. The maximum Gasteiger partial charge on any atom is 0.438 e. The predicted molar refractivity (Wildman–Crippen MR) is 119 cm³/mol. The summed E-state index contributed by atoms with van der Waals surface area (Å²) in [6, 6.07) is 11.9.